The van der Waals surface area contributed by atoms with E-state index >= 15 is 0 Å². The second-order valence-corrected chi connectivity index (χ2v) is 6.58. The summed E-state index contributed by atoms with van der Waals surface area (Å²) in [5.41, 5.74) is 2.29. The van der Waals surface area contributed by atoms with Crippen LogP contribution in [0.3, 0.4) is 0 Å². The summed E-state index contributed by atoms with van der Waals surface area (Å²) in [6.45, 7) is 0.622. The van der Waals surface area contributed by atoms with E-state index in [0.717, 1.165) is 18.5 Å². The normalized spacial score (nSPS) is 21.8. The molecule has 1 fully saturated rings. The molecule has 6 heteroatoms. The summed E-state index contributed by atoms with van der Waals surface area (Å²) in [6, 6.07) is 12.6. The fraction of sp³-hybridized carbons (Fsp3) is 0.474. The smallest absolute Gasteiger partial charge is 0.220 e. The Kier molecular flexibility index (Phi) is 5.83. The second-order valence-electron chi connectivity index (χ2n) is 6.58. The standard InChI is InChI=1S/C19H26N4O2/c1-23-17(10-11-20-23)19-16(8-9-18(24)22-19)21-15(13-25-2)12-14-6-4-3-5-7-14/h3-7,10-11,15-16,19,21H,8-9,12-13H2,1-2H3,(H,22,24)/t15?,16-,19-/m1/s1. The molecular weight excluding hydrogens is 316 g/mol. The lowest BCUT2D eigenvalue weighted by molar-refractivity contribution is -0.124. The molecule has 1 unspecified atom stereocenters. The van der Waals surface area contributed by atoms with E-state index in [0.29, 0.717) is 13.0 Å². The van der Waals surface area contributed by atoms with Crippen molar-refractivity contribution < 1.29 is 9.53 Å². The second kappa shape index (κ2) is 8.27. The quantitative estimate of drug-likeness (QED) is 0.802. The Hall–Kier alpha value is -2.18. The zero-order valence-corrected chi connectivity index (χ0v) is 14.8. The summed E-state index contributed by atoms with van der Waals surface area (Å²) in [6.07, 6.45) is 3.99. The zero-order chi connectivity index (χ0) is 17.6. The number of aryl methyl sites for hydroxylation is 1. The number of nitrogens with one attached hydrogen (secondary N) is 2. The highest BCUT2D eigenvalue weighted by Crippen LogP contribution is 2.24. The molecule has 3 rings (SSSR count). The molecule has 0 aliphatic carbocycles. The number of benzene rings is 1. The van der Waals surface area contributed by atoms with Crippen LogP contribution >= 0.6 is 0 Å². The van der Waals surface area contributed by atoms with Gasteiger partial charge in [0.25, 0.3) is 0 Å². The number of carbonyl (C=O) groups excluding carboxylic acids is 1. The molecular formula is C19H26N4O2. The average molecular weight is 342 g/mol. The van der Waals surface area contributed by atoms with Gasteiger partial charge in [-0.1, -0.05) is 30.3 Å². The van der Waals surface area contributed by atoms with Crippen molar-refractivity contribution in [3.8, 4) is 0 Å². The molecule has 0 bridgehead atoms. The summed E-state index contributed by atoms with van der Waals surface area (Å²) in [7, 11) is 3.63. The van der Waals surface area contributed by atoms with Crippen molar-refractivity contribution in [3.05, 3.63) is 53.9 Å². The number of amides is 1. The highest BCUT2D eigenvalue weighted by Gasteiger charge is 2.32. The Morgan fingerprint density at radius 1 is 1.36 bits per heavy atom. The van der Waals surface area contributed by atoms with Crippen LogP contribution < -0.4 is 10.6 Å². The van der Waals surface area contributed by atoms with Gasteiger partial charge in [-0.15, -0.1) is 0 Å². The van der Waals surface area contributed by atoms with Gasteiger partial charge in [0.1, 0.15) is 0 Å². The van der Waals surface area contributed by atoms with Gasteiger partial charge < -0.3 is 15.4 Å². The van der Waals surface area contributed by atoms with E-state index in [9.17, 15) is 4.79 Å². The highest BCUT2D eigenvalue weighted by atomic mass is 16.5. The van der Waals surface area contributed by atoms with Gasteiger partial charge in [-0.3, -0.25) is 9.48 Å². The molecule has 2 N–H and O–H groups in total. The van der Waals surface area contributed by atoms with Gasteiger partial charge in [0.05, 0.1) is 18.3 Å². The number of aromatic nitrogens is 2. The molecule has 1 aromatic heterocycles. The third-order valence-electron chi connectivity index (χ3n) is 4.72. The minimum Gasteiger partial charge on any atom is -0.383 e. The van der Waals surface area contributed by atoms with E-state index in [2.05, 4.69) is 40.0 Å². The third kappa shape index (κ3) is 4.46. The van der Waals surface area contributed by atoms with Crippen LogP contribution in [0, 0.1) is 0 Å². The summed E-state index contributed by atoms with van der Waals surface area (Å²) in [5.74, 6) is 0.0931. The number of ether oxygens (including phenoxy) is 1. The first-order valence-electron chi connectivity index (χ1n) is 8.73. The Bertz CT molecular complexity index is 686. The summed E-state index contributed by atoms with van der Waals surface area (Å²) in [5, 5.41) is 11.1. The predicted molar refractivity (Wildman–Crippen MR) is 96.1 cm³/mol. The molecule has 25 heavy (non-hydrogen) atoms. The SMILES string of the molecule is COCC(Cc1ccccc1)N[C@@H]1CCC(=O)N[C@H]1c1ccnn1C. The third-order valence-corrected chi connectivity index (χ3v) is 4.72. The van der Waals surface area contributed by atoms with Gasteiger partial charge in [0.15, 0.2) is 0 Å². The van der Waals surface area contributed by atoms with Gasteiger partial charge in [-0.25, -0.2) is 0 Å². The molecule has 1 aromatic carbocycles. The van der Waals surface area contributed by atoms with Crippen molar-refractivity contribution in [1.82, 2.24) is 20.4 Å². The molecule has 6 nitrogen and oxygen atoms in total. The number of carbonyl (C=O) groups is 1. The Morgan fingerprint density at radius 3 is 2.84 bits per heavy atom. The lowest BCUT2D eigenvalue weighted by Crippen LogP contribution is -2.53. The monoisotopic (exact) mass is 342 g/mol. The van der Waals surface area contributed by atoms with Gasteiger partial charge >= 0.3 is 0 Å². The Balaban J connectivity index is 1.74. The maximum absolute atomic E-state index is 11.9. The van der Waals surface area contributed by atoms with Gasteiger partial charge in [-0.2, -0.15) is 5.10 Å². The van der Waals surface area contributed by atoms with Crippen molar-refractivity contribution in [2.24, 2.45) is 7.05 Å². The van der Waals surface area contributed by atoms with Crippen molar-refractivity contribution in [2.45, 2.75) is 37.4 Å². The number of hydrogen-bond donors (Lipinski definition) is 2. The van der Waals surface area contributed by atoms with Crippen LogP contribution in [0.5, 0.6) is 0 Å². The summed E-state index contributed by atoms with van der Waals surface area (Å²) in [4.78, 5) is 11.9. The van der Waals surface area contributed by atoms with E-state index in [-0.39, 0.29) is 24.0 Å². The lowest BCUT2D eigenvalue weighted by Gasteiger charge is -2.35. The topological polar surface area (TPSA) is 68.2 Å². The van der Waals surface area contributed by atoms with E-state index in [1.165, 1.54) is 5.56 Å². The van der Waals surface area contributed by atoms with Crippen LogP contribution in [0.15, 0.2) is 42.6 Å². The molecule has 0 spiro atoms. The first kappa shape index (κ1) is 17.6. The Labute approximate surface area is 148 Å². The van der Waals surface area contributed by atoms with Crippen LogP contribution in [-0.2, 0) is 23.0 Å². The molecule has 0 saturated carbocycles. The number of methoxy groups -OCH3 is 1. The molecule has 3 atom stereocenters. The first-order valence-corrected chi connectivity index (χ1v) is 8.73. The molecule has 2 aromatic rings. The highest BCUT2D eigenvalue weighted by molar-refractivity contribution is 5.77. The zero-order valence-electron chi connectivity index (χ0n) is 14.8. The average Bonchev–Trinajstić information content (AvgIpc) is 3.03. The molecule has 0 radical (unpaired) electrons. The van der Waals surface area contributed by atoms with Crippen molar-refractivity contribution >= 4 is 5.91 Å². The van der Waals surface area contributed by atoms with E-state index in [4.69, 9.17) is 4.74 Å². The van der Waals surface area contributed by atoms with E-state index in [1.807, 2.05) is 23.9 Å². The number of rotatable bonds is 7. The first-order chi connectivity index (χ1) is 12.2. The molecule has 2 heterocycles. The minimum absolute atomic E-state index is 0.0797. The minimum atomic E-state index is -0.0797. The molecule has 1 aliphatic heterocycles. The van der Waals surface area contributed by atoms with E-state index < -0.39 is 0 Å². The lowest BCUT2D eigenvalue weighted by atomic mass is 9.93. The van der Waals surface area contributed by atoms with Crippen LogP contribution in [0.4, 0.5) is 0 Å². The Morgan fingerprint density at radius 2 is 2.16 bits per heavy atom. The van der Waals surface area contributed by atoms with Crippen molar-refractivity contribution in [1.29, 1.82) is 0 Å². The summed E-state index contributed by atoms with van der Waals surface area (Å²) >= 11 is 0. The predicted octanol–water partition coefficient (Wildman–Crippen LogP) is 1.59. The molecule has 1 amide bonds. The maximum Gasteiger partial charge on any atom is 0.220 e. The van der Waals surface area contributed by atoms with Crippen LogP contribution in [0.1, 0.15) is 30.1 Å². The fourth-order valence-electron chi connectivity index (χ4n) is 3.52. The van der Waals surface area contributed by atoms with Gasteiger partial charge in [-0.05, 0) is 24.5 Å². The molecule has 134 valence electrons. The molecule has 1 saturated heterocycles. The van der Waals surface area contributed by atoms with Crippen molar-refractivity contribution in [2.75, 3.05) is 13.7 Å². The number of hydrogen-bond acceptors (Lipinski definition) is 4. The maximum atomic E-state index is 11.9. The van der Waals surface area contributed by atoms with Crippen LogP contribution in [-0.4, -0.2) is 41.5 Å². The fourth-order valence-corrected chi connectivity index (χ4v) is 3.52. The van der Waals surface area contributed by atoms with Gasteiger partial charge in [0, 0.05) is 38.9 Å². The van der Waals surface area contributed by atoms with Crippen LogP contribution in [0.2, 0.25) is 0 Å². The summed E-state index contributed by atoms with van der Waals surface area (Å²) < 4.78 is 7.25. The van der Waals surface area contributed by atoms with Crippen molar-refractivity contribution in [3.63, 3.8) is 0 Å². The molecule has 1 aliphatic rings. The number of nitrogens with zero attached hydrogens (tertiary/aromatic N) is 2. The van der Waals surface area contributed by atoms with Gasteiger partial charge in [0.2, 0.25) is 5.91 Å². The van der Waals surface area contributed by atoms with Crippen LogP contribution in [0.25, 0.3) is 0 Å². The largest absolute Gasteiger partial charge is 0.383 e. The van der Waals surface area contributed by atoms with E-state index in [1.54, 1.807) is 13.3 Å². The number of piperidine rings is 1.